The van der Waals surface area contributed by atoms with Crippen LogP contribution in [0.2, 0.25) is 0 Å². The second-order valence-corrected chi connectivity index (χ2v) is 5.94. The summed E-state index contributed by atoms with van der Waals surface area (Å²) in [5.41, 5.74) is 2.12. The van der Waals surface area contributed by atoms with Crippen molar-refractivity contribution in [2.45, 2.75) is 13.0 Å². The van der Waals surface area contributed by atoms with Crippen molar-refractivity contribution < 1.29 is 4.21 Å². The van der Waals surface area contributed by atoms with E-state index in [0.29, 0.717) is 11.3 Å². The van der Waals surface area contributed by atoms with E-state index < -0.39 is 10.8 Å². The van der Waals surface area contributed by atoms with Gasteiger partial charge in [0.2, 0.25) is 0 Å². The summed E-state index contributed by atoms with van der Waals surface area (Å²) in [5, 5.41) is 13.4. The molecular formula is C14H15N3OS. The quantitative estimate of drug-likeness (QED) is 0.928. The molecule has 2 aromatic rings. The molecule has 0 saturated heterocycles. The van der Waals surface area contributed by atoms with Crippen LogP contribution in [0, 0.1) is 11.3 Å². The monoisotopic (exact) mass is 273 g/mol. The van der Waals surface area contributed by atoms with Gasteiger partial charge in [-0.1, -0.05) is 18.2 Å². The van der Waals surface area contributed by atoms with Crippen LogP contribution in [0.5, 0.6) is 0 Å². The molecule has 0 bridgehead atoms. The van der Waals surface area contributed by atoms with E-state index in [1.165, 1.54) is 0 Å². The van der Waals surface area contributed by atoms with Crippen LogP contribution in [-0.2, 0) is 10.8 Å². The van der Waals surface area contributed by atoms with E-state index >= 15 is 0 Å². The molecule has 1 N–H and O–H groups in total. The van der Waals surface area contributed by atoms with E-state index in [9.17, 15) is 9.47 Å². The van der Waals surface area contributed by atoms with Crippen molar-refractivity contribution >= 4 is 27.4 Å². The summed E-state index contributed by atoms with van der Waals surface area (Å²) in [6.07, 6.45) is 3.24. The number of hydrogen-bond donors (Lipinski definition) is 1. The number of pyridine rings is 1. The summed E-state index contributed by atoms with van der Waals surface area (Å²) in [4.78, 5) is 4.26. The third-order valence-corrected chi connectivity index (χ3v) is 3.74. The Morgan fingerprint density at radius 3 is 2.89 bits per heavy atom. The molecule has 0 amide bonds. The molecule has 0 aliphatic carbocycles. The predicted molar refractivity (Wildman–Crippen MR) is 78.5 cm³/mol. The van der Waals surface area contributed by atoms with Gasteiger partial charge in [-0.15, -0.1) is 0 Å². The van der Waals surface area contributed by atoms with E-state index in [0.717, 1.165) is 16.6 Å². The second-order valence-electron chi connectivity index (χ2n) is 4.46. The van der Waals surface area contributed by atoms with Crippen molar-refractivity contribution in [1.29, 1.82) is 5.26 Å². The Hall–Kier alpha value is -1.93. The zero-order valence-corrected chi connectivity index (χ0v) is 11.7. The van der Waals surface area contributed by atoms with Crippen LogP contribution in [0.3, 0.4) is 0 Å². The number of benzene rings is 1. The van der Waals surface area contributed by atoms with Crippen LogP contribution in [0.15, 0.2) is 30.5 Å². The first-order valence-corrected chi connectivity index (χ1v) is 7.69. The molecule has 19 heavy (non-hydrogen) atoms. The van der Waals surface area contributed by atoms with Gasteiger partial charge >= 0.3 is 0 Å². The highest BCUT2D eigenvalue weighted by molar-refractivity contribution is 7.84. The number of nitrogens with zero attached hydrogens (tertiary/aromatic N) is 2. The topological polar surface area (TPSA) is 65.8 Å². The average Bonchev–Trinajstić information content (AvgIpc) is 2.38. The van der Waals surface area contributed by atoms with Gasteiger partial charge in [0.05, 0.1) is 16.8 Å². The standard InChI is InChI=1S/C14H15N3OS/c1-10(9-19(2)18)17-14-11(7-15)8-16-13-6-4-3-5-12(13)14/h3-6,8,10H,9H2,1-2H3,(H,16,17). The SMILES string of the molecule is CC(CS(C)=O)Nc1c(C#N)cnc2ccccc12. The van der Waals surface area contributed by atoms with E-state index in [4.69, 9.17) is 0 Å². The smallest absolute Gasteiger partial charge is 0.103 e. The molecule has 2 atom stereocenters. The molecule has 1 aromatic heterocycles. The molecule has 0 aliphatic rings. The van der Waals surface area contributed by atoms with Gasteiger partial charge in [0.15, 0.2) is 0 Å². The minimum atomic E-state index is -0.873. The Kier molecular flexibility index (Phi) is 4.13. The Morgan fingerprint density at radius 2 is 2.21 bits per heavy atom. The van der Waals surface area contributed by atoms with Gasteiger partial charge in [0.25, 0.3) is 0 Å². The Balaban J connectivity index is 2.45. The Bertz CT molecular complexity index is 663. The summed E-state index contributed by atoms with van der Waals surface area (Å²) in [6, 6.07) is 9.84. The molecule has 0 radical (unpaired) electrons. The molecule has 2 rings (SSSR count). The maximum atomic E-state index is 11.3. The number of nitrogens with one attached hydrogen (secondary N) is 1. The number of hydrogen-bond acceptors (Lipinski definition) is 4. The van der Waals surface area contributed by atoms with Crippen molar-refractivity contribution in [2.75, 3.05) is 17.3 Å². The lowest BCUT2D eigenvalue weighted by Gasteiger charge is -2.16. The fourth-order valence-electron chi connectivity index (χ4n) is 2.02. The van der Waals surface area contributed by atoms with Crippen LogP contribution >= 0.6 is 0 Å². The van der Waals surface area contributed by atoms with Gasteiger partial charge in [0, 0.05) is 40.4 Å². The van der Waals surface area contributed by atoms with Crippen LogP contribution in [0.4, 0.5) is 5.69 Å². The summed E-state index contributed by atoms with van der Waals surface area (Å²) < 4.78 is 11.3. The van der Waals surface area contributed by atoms with Gasteiger partial charge in [-0.2, -0.15) is 5.26 Å². The fourth-order valence-corrected chi connectivity index (χ4v) is 2.81. The highest BCUT2D eigenvalue weighted by Crippen LogP contribution is 2.25. The lowest BCUT2D eigenvalue weighted by molar-refractivity contribution is 0.683. The summed E-state index contributed by atoms with van der Waals surface area (Å²) in [6.45, 7) is 1.96. The number of aromatic nitrogens is 1. The highest BCUT2D eigenvalue weighted by atomic mass is 32.2. The summed E-state index contributed by atoms with van der Waals surface area (Å²) in [5.74, 6) is 0.543. The van der Waals surface area contributed by atoms with E-state index in [-0.39, 0.29) is 6.04 Å². The summed E-state index contributed by atoms with van der Waals surface area (Å²) in [7, 11) is -0.873. The molecular weight excluding hydrogens is 258 g/mol. The van der Waals surface area contributed by atoms with E-state index in [2.05, 4.69) is 16.4 Å². The molecule has 1 aromatic carbocycles. The highest BCUT2D eigenvalue weighted by Gasteiger charge is 2.11. The molecule has 0 saturated carbocycles. The molecule has 0 fully saturated rings. The number of fused-ring (bicyclic) bond motifs is 1. The van der Waals surface area contributed by atoms with Crippen LogP contribution in [0.25, 0.3) is 10.9 Å². The molecule has 1 heterocycles. The predicted octanol–water partition coefficient (Wildman–Crippen LogP) is 2.29. The molecule has 4 nitrogen and oxygen atoms in total. The fraction of sp³-hybridized carbons (Fsp3) is 0.286. The van der Waals surface area contributed by atoms with Gasteiger partial charge < -0.3 is 5.32 Å². The van der Waals surface area contributed by atoms with Crippen molar-refractivity contribution in [3.05, 3.63) is 36.0 Å². The van der Waals surface area contributed by atoms with E-state index in [1.54, 1.807) is 12.5 Å². The lowest BCUT2D eigenvalue weighted by Crippen LogP contribution is -2.23. The van der Waals surface area contributed by atoms with Crippen molar-refractivity contribution in [3.8, 4) is 6.07 Å². The lowest BCUT2D eigenvalue weighted by atomic mass is 10.1. The van der Waals surface area contributed by atoms with E-state index in [1.807, 2.05) is 31.2 Å². The van der Waals surface area contributed by atoms with Crippen LogP contribution in [0.1, 0.15) is 12.5 Å². The van der Waals surface area contributed by atoms with Crippen molar-refractivity contribution in [2.24, 2.45) is 0 Å². The zero-order chi connectivity index (χ0) is 13.8. The van der Waals surface area contributed by atoms with Gasteiger partial charge in [-0.3, -0.25) is 9.19 Å². The third kappa shape index (κ3) is 3.09. The van der Waals surface area contributed by atoms with Gasteiger partial charge in [0.1, 0.15) is 6.07 Å². The second kappa shape index (κ2) is 5.81. The van der Waals surface area contributed by atoms with Crippen LogP contribution in [-0.4, -0.2) is 27.2 Å². The molecule has 98 valence electrons. The minimum Gasteiger partial charge on any atom is -0.380 e. The normalized spacial score (nSPS) is 13.7. The van der Waals surface area contributed by atoms with Gasteiger partial charge in [-0.05, 0) is 13.0 Å². The first-order chi connectivity index (χ1) is 9.11. The number of para-hydroxylation sites is 1. The zero-order valence-electron chi connectivity index (χ0n) is 10.9. The summed E-state index contributed by atoms with van der Waals surface area (Å²) >= 11 is 0. The van der Waals surface area contributed by atoms with Crippen molar-refractivity contribution in [3.63, 3.8) is 0 Å². The first-order valence-electron chi connectivity index (χ1n) is 5.96. The first kappa shape index (κ1) is 13.5. The third-order valence-electron chi connectivity index (χ3n) is 2.77. The van der Waals surface area contributed by atoms with Gasteiger partial charge in [-0.25, -0.2) is 0 Å². The number of rotatable bonds is 4. The molecule has 0 spiro atoms. The van der Waals surface area contributed by atoms with Crippen LogP contribution < -0.4 is 5.32 Å². The number of anilines is 1. The average molecular weight is 273 g/mol. The Labute approximate surface area is 114 Å². The largest absolute Gasteiger partial charge is 0.380 e. The Morgan fingerprint density at radius 1 is 1.47 bits per heavy atom. The minimum absolute atomic E-state index is 0.0312. The molecule has 2 unspecified atom stereocenters. The molecule has 5 heteroatoms. The maximum Gasteiger partial charge on any atom is 0.103 e. The number of nitriles is 1. The van der Waals surface area contributed by atoms with Crippen molar-refractivity contribution in [1.82, 2.24) is 4.98 Å². The maximum absolute atomic E-state index is 11.3. The molecule has 0 aliphatic heterocycles.